The normalized spacial score (nSPS) is 9.27. The van der Waals surface area contributed by atoms with Crippen LogP contribution in [0, 0.1) is 0 Å². The van der Waals surface area contributed by atoms with Gasteiger partial charge in [0.2, 0.25) is 11.8 Å². The fourth-order valence-electron chi connectivity index (χ4n) is 0.935. The summed E-state index contributed by atoms with van der Waals surface area (Å²) in [6.07, 6.45) is 0. The van der Waals surface area contributed by atoms with Gasteiger partial charge in [0, 0.05) is 26.9 Å². The largest absolute Gasteiger partial charge is 0.468 e. The molecule has 0 saturated carbocycles. The summed E-state index contributed by atoms with van der Waals surface area (Å²) in [6.45, 7) is 3.27. The second kappa shape index (κ2) is 6.80. The Bertz CT molecular complexity index is 252. The van der Waals surface area contributed by atoms with E-state index in [9.17, 15) is 14.4 Å². The van der Waals surface area contributed by atoms with E-state index in [0.717, 1.165) is 0 Å². The zero-order chi connectivity index (χ0) is 11.8. The molecule has 0 rings (SSSR count). The molecule has 0 radical (unpaired) electrons. The van der Waals surface area contributed by atoms with E-state index in [1.807, 2.05) is 0 Å². The van der Waals surface area contributed by atoms with Crippen molar-refractivity contribution in [3.8, 4) is 0 Å². The number of hydrogen-bond donors (Lipinski definition) is 1. The Hall–Kier alpha value is -1.59. The van der Waals surface area contributed by atoms with E-state index in [4.69, 9.17) is 0 Å². The lowest BCUT2D eigenvalue weighted by Gasteiger charge is -2.19. The van der Waals surface area contributed by atoms with Gasteiger partial charge in [-0.25, -0.2) is 0 Å². The van der Waals surface area contributed by atoms with Crippen LogP contribution in [0.25, 0.3) is 0 Å². The van der Waals surface area contributed by atoms with E-state index in [1.165, 1.54) is 25.9 Å². The van der Waals surface area contributed by atoms with Crippen LogP contribution in [0.5, 0.6) is 0 Å². The highest BCUT2D eigenvalue weighted by Crippen LogP contribution is 1.90. The van der Waals surface area contributed by atoms with Crippen molar-refractivity contribution in [1.29, 1.82) is 0 Å². The summed E-state index contributed by atoms with van der Waals surface area (Å²) < 4.78 is 4.44. The van der Waals surface area contributed by atoms with Gasteiger partial charge in [0.25, 0.3) is 0 Å². The monoisotopic (exact) mass is 216 g/mol. The Balaban J connectivity index is 4.00. The molecule has 0 unspecified atom stereocenters. The first-order valence-electron chi connectivity index (χ1n) is 4.54. The van der Waals surface area contributed by atoms with Gasteiger partial charge >= 0.3 is 5.97 Å². The molecule has 0 aliphatic rings. The number of ether oxygens (including phenoxy) is 1. The quantitative estimate of drug-likeness (QED) is 0.607. The third-order valence-corrected chi connectivity index (χ3v) is 1.75. The van der Waals surface area contributed by atoms with Crippen molar-refractivity contribution < 1.29 is 19.1 Å². The van der Waals surface area contributed by atoms with Gasteiger partial charge in [-0.2, -0.15) is 0 Å². The number of hydrogen-bond acceptors (Lipinski definition) is 4. The maximum atomic E-state index is 11.1. The smallest absolute Gasteiger partial charge is 0.325 e. The van der Waals surface area contributed by atoms with E-state index >= 15 is 0 Å². The van der Waals surface area contributed by atoms with E-state index in [2.05, 4.69) is 10.1 Å². The molecule has 0 aliphatic carbocycles. The van der Waals surface area contributed by atoms with Gasteiger partial charge < -0.3 is 15.0 Å². The minimum Gasteiger partial charge on any atom is -0.468 e. The first-order valence-corrected chi connectivity index (χ1v) is 4.54. The molecule has 0 fully saturated rings. The molecule has 0 aromatic heterocycles. The van der Waals surface area contributed by atoms with Crippen LogP contribution in [0.3, 0.4) is 0 Å². The zero-order valence-electron chi connectivity index (χ0n) is 9.20. The number of amides is 2. The second-order valence-electron chi connectivity index (χ2n) is 3.00. The van der Waals surface area contributed by atoms with Gasteiger partial charge in [-0.15, -0.1) is 0 Å². The number of nitrogens with one attached hydrogen (secondary N) is 1. The summed E-state index contributed by atoms with van der Waals surface area (Å²) in [7, 11) is 1.26. The molecule has 15 heavy (non-hydrogen) atoms. The average Bonchev–Trinajstić information content (AvgIpc) is 2.15. The van der Waals surface area contributed by atoms with Gasteiger partial charge in [-0.3, -0.25) is 14.4 Å². The molecule has 0 heterocycles. The Morgan fingerprint density at radius 2 is 1.87 bits per heavy atom. The fraction of sp³-hybridized carbons (Fsp3) is 0.667. The van der Waals surface area contributed by atoms with Crippen LogP contribution in [0.4, 0.5) is 0 Å². The molecule has 0 aromatic carbocycles. The molecule has 0 aliphatic heterocycles. The van der Waals surface area contributed by atoms with Gasteiger partial charge in [0.15, 0.2) is 0 Å². The van der Waals surface area contributed by atoms with Crippen LogP contribution in [-0.4, -0.2) is 49.4 Å². The summed E-state index contributed by atoms with van der Waals surface area (Å²) in [6, 6.07) is 0. The van der Waals surface area contributed by atoms with Crippen molar-refractivity contribution >= 4 is 17.8 Å². The number of carbonyl (C=O) groups is 3. The second-order valence-corrected chi connectivity index (χ2v) is 3.00. The minimum atomic E-state index is -0.479. The summed E-state index contributed by atoms with van der Waals surface area (Å²) in [4.78, 5) is 33.9. The highest BCUT2D eigenvalue weighted by atomic mass is 16.5. The van der Waals surface area contributed by atoms with Gasteiger partial charge in [0.05, 0.1) is 7.11 Å². The third-order valence-electron chi connectivity index (χ3n) is 1.75. The first-order chi connectivity index (χ1) is 6.97. The standard InChI is InChI=1S/C9H16N2O4/c1-7(12)10-4-5-11(8(2)13)6-9(14)15-3/h4-6H2,1-3H3,(H,10,12). The molecular weight excluding hydrogens is 200 g/mol. The van der Waals surface area contributed by atoms with Crippen LogP contribution >= 0.6 is 0 Å². The van der Waals surface area contributed by atoms with E-state index in [1.54, 1.807) is 0 Å². The summed E-state index contributed by atoms with van der Waals surface area (Å²) in [5.74, 6) is -0.879. The maximum Gasteiger partial charge on any atom is 0.325 e. The molecule has 0 aromatic rings. The maximum absolute atomic E-state index is 11.1. The molecule has 0 atom stereocenters. The SMILES string of the molecule is COC(=O)CN(CCNC(C)=O)C(C)=O. The lowest BCUT2D eigenvalue weighted by molar-refractivity contribution is -0.146. The molecule has 86 valence electrons. The van der Waals surface area contributed by atoms with E-state index in [-0.39, 0.29) is 18.4 Å². The van der Waals surface area contributed by atoms with E-state index < -0.39 is 5.97 Å². The van der Waals surface area contributed by atoms with Crippen LogP contribution in [-0.2, 0) is 19.1 Å². The van der Waals surface area contributed by atoms with Crippen molar-refractivity contribution in [3.05, 3.63) is 0 Å². The number of rotatable bonds is 5. The molecule has 1 N–H and O–H groups in total. The number of nitrogens with zero attached hydrogens (tertiary/aromatic N) is 1. The number of esters is 1. The Morgan fingerprint density at radius 1 is 1.27 bits per heavy atom. The Kier molecular flexibility index (Phi) is 6.08. The minimum absolute atomic E-state index is 0.0918. The third kappa shape index (κ3) is 6.48. The highest BCUT2D eigenvalue weighted by molar-refractivity contribution is 5.80. The highest BCUT2D eigenvalue weighted by Gasteiger charge is 2.13. The topological polar surface area (TPSA) is 75.7 Å². The predicted molar refractivity (Wildman–Crippen MR) is 53.0 cm³/mol. The molecule has 6 nitrogen and oxygen atoms in total. The zero-order valence-corrected chi connectivity index (χ0v) is 9.20. The molecular formula is C9H16N2O4. The van der Waals surface area contributed by atoms with Crippen molar-refractivity contribution in [3.63, 3.8) is 0 Å². The predicted octanol–water partition coefficient (Wildman–Crippen LogP) is -0.856. The fourth-order valence-corrected chi connectivity index (χ4v) is 0.935. The van der Waals surface area contributed by atoms with Crippen LogP contribution < -0.4 is 5.32 Å². The molecule has 0 saturated heterocycles. The van der Waals surface area contributed by atoms with Crippen LogP contribution in [0.15, 0.2) is 0 Å². The summed E-state index contributed by atoms with van der Waals surface area (Å²) in [5, 5.41) is 2.54. The lowest BCUT2D eigenvalue weighted by atomic mass is 10.4. The van der Waals surface area contributed by atoms with Crippen molar-refractivity contribution in [2.45, 2.75) is 13.8 Å². The summed E-state index contributed by atoms with van der Waals surface area (Å²) >= 11 is 0. The van der Waals surface area contributed by atoms with Crippen molar-refractivity contribution in [1.82, 2.24) is 10.2 Å². The molecule has 0 bridgehead atoms. The van der Waals surface area contributed by atoms with Gasteiger partial charge in [-0.05, 0) is 0 Å². The summed E-state index contributed by atoms with van der Waals surface area (Å²) in [5.41, 5.74) is 0. The number of carbonyl (C=O) groups excluding carboxylic acids is 3. The van der Waals surface area contributed by atoms with Gasteiger partial charge in [0.1, 0.15) is 6.54 Å². The van der Waals surface area contributed by atoms with Gasteiger partial charge in [-0.1, -0.05) is 0 Å². The molecule has 2 amide bonds. The van der Waals surface area contributed by atoms with Crippen molar-refractivity contribution in [2.75, 3.05) is 26.7 Å². The Morgan fingerprint density at radius 3 is 2.27 bits per heavy atom. The molecule has 6 heteroatoms. The average molecular weight is 216 g/mol. The van der Waals surface area contributed by atoms with E-state index in [0.29, 0.717) is 13.1 Å². The Labute approximate surface area is 88.6 Å². The van der Waals surface area contributed by atoms with Crippen molar-refractivity contribution in [2.24, 2.45) is 0 Å². The van der Waals surface area contributed by atoms with Crippen LogP contribution in [0.2, 0.25) is 0 Å². The molecule has 0 spiro atoms. The first kappa shape index (κ1) is 13.4. The van der Waals surface area contributed by atoms with Crippen LogP contribution in [0.1, 0.15) is 13.8 Å². The number of methoxy groups -OCH3 is 1. The lowest BCUT2D eigenvalue weighted by Crippen LogP contribution is -2.40.